The van der Waals surface area contributed by atoms with Gasteiger partial charge in [0.1, 0.15) is 12.2 Å². The van der Waals surface area contributed by atoms with E-state index in [9.17, 15) is 4.79 Å². The third kappa shape index (κ3) is 3.57. The number of aromatic nitrogens is 3. The molecule has 0 aliphatic carbocycles. The number of likely N-dealkylation sites (tertiary alicyclic amines) is 1. The van der Waals surface area contributed by atoms with Crippen molar-refractivity contribution in [2.24, 2.45) is 0 Å². The first-order valence-electron chi connectivity index (χ1n) is 10.8. The lowest BCUT2D eigenvalue weighted by atomic mass is 9.74. The maximum atomic E-state index is 12.8. The summed E-state index contributed by atoms with van der Waals surface area (Å²) in [7, 11) is 0. The number of ketones is 1. The van der Waals surface area contributed by atoms with Crippen molar-refractivity contribution in [3.8, 4) is 0 Å². The Kier molecular flexibility index (Phi) is 5.48. The van der Waals surface area contributed by atoms with Crippen LogP contribution >= 0.6 is 0 Å². The number of carbonyl (C=O) groups is 1. The summed E-state index contributed by atoms with van der Waals surface area (Å²) in [5.41, 5.74) is 3.72. The normalized spacial score (nSPS) is 16.4. The van der Waals surface area contributed by atoms with Gasteiger partial charge in [-0.2, -0.15) is 5.10 Å². The van der Waals surface area contributed by atoms with E-state index in [1.165, 1.54) is 23.0 Å². The molecule has 32 heavy (non-hydrogen) atoms. The molecule has 1 aliphatic heterocycles. The van der Waals surface area contributed by atoms with Gasteiger partial charge in [0.05, 0.1) is 5.54 Å². The molecule has 0 spiro atoms. The highest BCUT2D eigenvalue weighted by Crippen LogP contribution is 2.43. The van der Waals surface area contributed by atoms with Gasteiger partial charge in [-0.15, -0.1) is 0 Å². The molecule has 1 aromatic heterocycles. The quantitative estimate of drug-likeness (QED) is 0.383. The SMILES string of the molecule is O=C1CCN(C(c2ccccc2)(c2ccccc2)c2ccccc2)CC1=Cc1ncn[nH]1. The van der Waals surface area contributed by atoms with Crippen LogP contribution in [0.15, 0.2) is 103 Å². The van der Waals surface area contributed by atoms with Gasteiger partial charge in [-0.05, 0) is 22.8 Å². The van der Waals surface area contributed by atoms with Crippen LogP contribution in [0.3, 0.4) is 0 Å². The molecule has 4 aromatic rings. The van der Waals surface area contributed by atoms with Crippen LogP contribution in [0, 0.1) is 0 Å². The summed E-state index contributed by atoms with van der Waals surface area (Å²) < 4.78 is 0. The Bertz CT molecular complexity index is 1110. The molecule has 0 bridgehead atoms. The van der Waals surface area contributed by atoms with Crippen LogP contribution in [-0.4, -0.2) is 39.0 Å². The van der Waals surface area contributed by atoms with Crippen LogP contribution in [0.4, 0.5) is 0 Å². The molecule has 1 fully saturated rings. The molecule has 0 unspecified atom stereocenters. The molecule has 0 amide bonds. The highest BCUT2D eigenvalue weighted by atomic mass is 16.1. The first-order chi connectivity index (χ1) is 15.8. The Balaban J connectivity index is 1.72. The fraction of sp³-hybridized carbons (Fsp3) is 0.148. The zero-order valence-corrected chi connectivity index (χ0v) is 17.7. The zero-order valence-electron chi connectivity index (χ0n) is 17.7. The molecular weight excluding hydrogens is 396 g/mol. The van der Waals surface area contributed by atoms with Crippen molar-refractivity contribution in [3.63, 3.8) is 0 Å². The van der Waals surface area contributed by atoms with E-state index >= 15 is 0 Å². The molecule has 5 rings (SSSR count). The Morgan fingerprint density at radius 3 is 1.81 bits per heavy atom. The first kappa shape index (κ1) is 20.1. The Labute approximate surface area is 187 Å². The smallest absolute Gasteiger partial charge is 0.161 e. The highest BCUT2D eigenvalue weighted by molar-refractivity contribution is 6.00. The predicted molar refractivity (Wildman–Crippen MR) is 125 cm³/mol. The Hall–Kier alpha value is -3.83. The fourth-order valence-electron chi connectivity index (χ4n) is 4.72. The van der Waals surface area contributed by atoms with Crippen LogP contribution in [0.1, 0.15) is 28.9 Å². The summed E-state index contributed by atoms with van der Waals surface area (Å²) in [4.78, 5) is 19.5. The van der Waals surface area contributed by atoms with E-state index in [1.807, 2.05) is 24.3 Å². The minimum absolute atomic E-state index is 0.153. The van der Waals surface area contributed by atoms with Crippen molar-refractivity contribution in [2.45, 2.75) is 12.0 Å². The van der Waals surface area contributed by atoms with Crippen molar-refractivity contribution in [3.05, 3.63) is 125 Å². The van der Waals surface area contributed by atoms with E-state index in [0.29, 0.717) is 25.3 Å². The van der Waals surface area contributed by atoms with Crippen molar-refractivity contribution >= 4 is 11.9 Å². The van der Waals surface area contributed by atoms with Gasteiger partial charge in [-0.3, -0.25) is 14.8 Å². The number of hydrogen-bond donors (Lipinski definition) is 1. The van der Waals surface area contributed by atoms with Crippen molar-refractivity contribution < 1.29 is 4.79 Å². The van der Waals surface area contributed by atoms with Gasteiger partial charge in [0.15, 0.2) is 5.78 Å². The number of carbonyl (C=O) groups excluding carboxylic acids is 1. The maximum Gasteiger partial charge on any atom is 0.161 e. The number of Topliss-reactive ketones (excluding diaryl/α,β-unsaturated/α-hetero) is 1. The molecule has 2 heterocycles. The number of rotatable bonds is 5. The highest BCUT2D eigenvalue weighted by Gasteiger charge is 2.44. The van der Waals surface area contributed by atoms with Gasteiger partial charge in [0.25, 0.3) is 0 Å². The Morgan fingerprint density at radius 2 is 1.34 bits per heavy atom. The first-order valence-corrected chi connectivity index (χ1v) is 10.8. The van der Waals surface area contributed by atoms with Gasteiger partial charge in [-0.1, -0.05) is 91.0 Å². The van der Waals surface area contributed by atoms with Gasteiger partial charge in [-0.25, -0.2) is 4.98 Å². The molecule has 5 heteroatoms. The average Bonchev–Trinajstić information content (AvgIpc) is 3.37. The number of piperidine rings is 1. The number of hydrogen-bond acceptors (Lipinski definition) is 4. The lowest BCUT2D eigenvalue weighted by Crippen LogP contribution is -2.52. The number of nitrogens with zero attached hydrogens (tertiary/aromatic N) is 3. The monoisotopic (exact) mass is 420 g/mol. The second-order valence-electron chi connectivity index (χ2n) is 7.94. The van der Waals surface area contributed by atoms with E-state index in [2.05, 4.69) is 92.9 Å². The fourth-order valence-corrected chi connectivity index (χ4v) is 4.72. The molecule has 5 nitrogen and oxygen atoms in total. The Morgan fingerprint density at radius 1 is 0.812 bits per heavy atom. The summed E-state index contributed by atoms with van der Waals surface area (Å²) in [6.45, 7) is 1.17. The van der Waals surface area contributed by atoms with Crippen LogP contribution in [0.2, 0.25) is 0 Å². The van der Waals surface area contributed by atoms with Gasteiger partial charge in [0.2, 0.25) is 0 Å². The van der Waals surface area contributed by atoms with Crippen molar-refractivity contribution in [2.75, 3.05) is 13.1 Å². The summed E-state index contributed by atoms with van der Waals surface area (Å²) in [5, 5.41) is 6.76. The van der Waals surface area contributed by atoms with E-state index in [4.69, 9.17) is 0 Å². The topological polar surface area (TPSA) is 61.9 Å². The van der Waals surface area contributed by atoms with Crippen LogP contribution in [0.25, 0.3) is 6.08 Å². The van der Waals surface area contributed by atoms with E-state index in [0.717, 1.165) is 5.57 Å². The van der Waals surface area contributed by atoms with Crippen LogP contribution < -0.4 is 0 Å². The largest absolute Gasteiger partial charge is 0.294 e. The molecule has 158 valence electrons. The third-order valence-corrected chi connectivity index (χ3v) is 6.12. The van der Waals surface area contributed by atoms with E-state index in [-0.39, 0.29) is 5.78 Å². The van der Waals surface area contributed by atoms with E-state index < -0.39 is 5.54 Å². The standard InChI is InChI=1S/C27H24N4O/c32-25-16-17-31(19-21(25)18-26-28-20-29-30-26)27(22-10-4-1-5-11-22,23-12-6-2-7-13-23)24-14-8-3-9-15-24/h1-15,18,20H,16-17,19H2,(H,28,29,30). The third-order valence-electron chi connectivity index (χ3n) is 6.12. The number of aromatic amines is 1. The number of H-pyrrole nitrogens is 1. The molecule has 0 atom stereocenters. The van der Waals surface area contributed by atoms with Gasteiger partial charge >= 0.3 is 0 Å². The lowest BCUT2D eigenvalue weighted by molar-refractivity contribution is -0.117. The summed E-state index contributed by atoms with van der Waals surface area (Å²) in [6, 6.07) is 31.7. The maximum absolute atomic E-state index is 12.8. The number of benzene rings is 3. The predicted octanol–water partition coefficient (Wildman–Crippen LogP) is 4.46. The van der Waals surface area contributed by atoms with E-state index in [1.54, 1.807) is 0 Å². The van der Waals surface area contributed by atoms with Gasteiger partial charge in [0, 0.05) is 25.1 Å². The summed E-state index contributed by atoms with van der Waals surface area (Å²) in [5.74, 6) is 0.751. The molecule has 0 saturated carbocycles. The molecular formula is C27H24N4O. The summed E-state index contributed by atoms with van der Waals surface area (Å²) in [6.07, 6.45) is 3.74. The summed E-state index contributed by atoms with van der Waals surface area (Å²) >= 11 is 0. The molecule has 1 saturated heterocycles. The average molecular weight is 421 g/mol. The van der Waals surface area contributed by atoms with Crippen LogP contribution in [0.5, 0.6) is 0 Å². The van der Waals surface area contributed by atoms with Crippen LogP contribution in [-0.2, 0) is 10.3 Å². The lowest BCUT2D eigenvalue weighted by Gasteiger charge is -2.47. The molecule has 1 N–H and O–H groups in total. The van der Waals surface area contributed by atoms with Crippen molar-refractivity contribution in [1.82, 2.24) is 20.1 Å². The minimum Gasteiger partial charge on any atom is -0.294 e. The second-order valence-corrected chi connectivity index (χ2v) is 7.94. The minimum atomic E-state index is -0.537. The van der Waals surface area contributed by atoms with Gasteiger partial charge < -0.3 is 0 Å². The second kappa shape index (κ2) is 8.73. The molecule has 3 aromatic carbocycles. The molecule has 0 radical (unpaired) electrons. The molecule has 1 aliphatic rings. The zero-order chi connectivity index (χ0) is 21.8. The number of nitrogens with one attached hydrogen (secondary N) is 1. The van der Waals surface area contributed by atoms with Crippen molar-refractivity contribution in [1.29, 1.82) is 0 Å².